The Bertz CT molecular complexity index is 843. The monoisotopic (exact) mass is 369 g/mol. The third-order valence-electron chi connectivity index (χ3n) is 6.06. The van der Waals surface area contributed by atoms with Crippen LogP contribution in [0.15, 0.2) is 52.5 Å². The van der Waals surface area contributed by atoms with Gasteiger partial charge in [0.05, 0.1) is 5.92 Å². The van der Waals surface area contributed by atoms with Gasteiger partial charge >= 0.3 is 5.97 Å². The molecule has 0 unspecified atom stereocenters. The van der Waals surface area contributed by atoms with E-state index in [0.717, 1.165) is 34.6 Å². The van der Waals surface area contributed by atoms with E-state index >= 15 is 0 Å². The number of fused-ring (bicyclic) bond motifs is 3. The highest BCUT2D eigenvalue weighted by molar-refractivity contribution is 7.99. The lowest BCUT2D eigenvalue weighted by Crippen LogP contribution is -2.40. The normalized spacial score (nSPS) is 33.1. The van der Waals surface area contributed by atoms with Gasteiger partial charge in [-0.25, -0.2) is 0 Å². The standard InChI is InChI=1S/C21H23NO3S/c1-12-16(23)8-10-21(2)9-7-13-14(20(24)25-19(13)18(12)21)11-26-17-6-4-3-5-15(17)22/h3-6,8,10,13-14,19H,7,9,11,22H2,1-2H3/t13-,14-,19-,21-/m0/s1. The van der Waals surface area contributed by atoms with Crippen molar-refractivity contribution >= 4 is 29.2 Å². The number of carbonyl (C=O) groups is 2. The summed E-state index contributed by atoms with van der Waals surface area (Å²) >= 11 is 1.61. The Morgan fingerprint density at radius 2 is 2.08 bits per heavy atom. The molecule has 1 saturated carbocycles. The molecule has 26 heavy (non-hydrogen) atoms. The molecule has 0 aromatic heterocycles. The maximum Gasteiger partial charge on any atom is 0.310 e. The summed E-state index contributed by atoms with van der Waals surface area (Å²) in [6.45, 7) is 4.01. The van der Waals surface area contributed by atoms with Crippen molar-refractivity contribution in [2.24, 2.45) is 17.3 Å². The van der Waals surface area contributed by atoms with Crippen molar-refractivity contribution in [2.45, 2.75) is 37.7 Å². The van der Waals surface area contributed by atoms with Gasteiger partial charge in [-0.15, -0.1) is 11.8 Å². The van der Waals surface area contributed by atoms with Gasteiger partial charge < -0.3 is 10.5 Å². The number of hydrogen-bond acceptors (Lipinski definition) is 5. The molecule has 2 aliphatic carbocycles. The number of ketones is 1. The van der Waals surface area contributed by atoms with Gasteiger partial charge in [0.25, 0.3) is 0 Å². The van der Waals surface area contributed by atoms with Gasteiger partial charge in [-0.3, -0.25) is 9.59 Å². The van der Waals surface area contributed by atoms with Crippen LogP contribution in [-0.4, -0.2) is 23.6 Å². The van der Waals surface area contributed by atoms with Crippen molar-refractivity contribution < 1.29 is 14.3 Å². The molecule has 3 aliphatic rings. The number of esters is 1. The molecule has 4 nitrogen and oxygen atoms in total. The zero-order valence-electron chi connectivity index (χ0n) is 15.0. The molecule has 1 heterocycles. The molecule has 1 saturated heterocycles. The van der Waals surface area contributed by atoms with E-state index < -0.39 is 0 Å². The smallest absolute Gasteiger partial charge is 0.310 e. The lowest BCUT2D eigenvalue weighted by atomic mass is 9.62. The largest absolute Gasteiger partial charge is 0.457 e. The van der Waals surface area contributed by atoms with E-state index in [2.05, 4.69) is 6.92 Å². The SMILES string of the molecule is CC1=C2[C@H]3OC(=O)[C@@H](CSc4ccccc4N)[C@@H]3CC[C@@]2(C)C=CC1=O. The molecular weight excluding hydrogens is 346 g/mol. The molecule has 1 aromatic rings. The topological polar surface area (TPSA) is 69.4 Å². The number of ether oxygens (including phenoxy) is 1. The molecule has 1 aliphatic heterocycles. The Morgan fingerprint density at radius 1 is 1.31 bits per heavy atom. The molecule has 2 N–H and O–H groups in total. The Labute approximate surface area is 157 Å². The first-order valence-corrected chi connectivity index (χ1v) is 10.0. The van der Waals surface area contributed by atoms with Gasteiger partial charge in [0.15, 0.2) is 5.78 Å². The van der Waals surface area contributed by atoms with E-state index in [9.17, 15) is 9.59 Å². The fraction of sp³-hybridized carbons (Fsp3) is 0.429. The van der Waals surface area contributed by atoms with E-state index in [1.807, 2.05) is 37.3 Å². The summed E-state index contributed by atoms with van der Waals surface area (Å²) < 4.78 is 5.82. The van der Waals surface area contributed by atoms with Crippen LogP contribution in [0.25, 0.3) is 0 Å². The van der Waals surface area contributed by atoms with E-state index in [4.69, 9.17) is 10.5 Å². The number of para-hydroxylation sites is 1. The summed E-state index contributed by atoms with van der Waals surface area (Å²) in [5.41, 5.74) is 8.34. The van der Waals surface area contributed by atoms with E-state index in [0.29, 0.717) is 5.75 Å². The van der Waals surface area contributed by atoms with Crippen LogP contribution in [0.5, 0.6) is 0 Å². The van der Waals surface area contributed by atoms with Crippen molar-refractivity contribution in [3.05, 3.63) is 47.6 Å². The van der Waals surface area contributed by atoms with E-state index in [1.165, 1.54) is 0 Å². The highest BCUT2D eigenvalue weighted by Gasteiger charge is 2.54. The molecule has 0 amide bonds. The molecule has 136 valence electrons. The summed E-state index contributed by atoms with van der Waals surface area (Å²) in [5.74, 6) is 0.520. The molecule has 0 radical (unpaired) electrons. The minimum Gasteiger partial charge on any atom is -0.457 e. The summed E-state index contributed by atoms with van der Waals surface area (Å²) in [5, 5.41) is 0. The summed E-state index contributed by atoms with van der Waals surface area (Å²) in [4.78, 5) is 25.8. The predicted molar refractivity (Wildman–Crippen MR) is 103 cm³/mol. The Morgan fingerprint density at radius 3 is 2.85 bits per heavy atom. The van der Waals surface area contributed by atoms with E-state index in [1.54, 1.807) is 17.8 Å². The fourth-order valence-electron chi connectivity index (χ4n) is 4.55. The maximum atomic E-state index is 12.6. The Kier molecular flexibility index (Phi) is 4.22. The van der Waals surface area contributed by atoms with Crippen molar-refractivity contribution in [1.82, 2.24) is 0 Å². The molecule has 5 heteroatoms. The van der Waals surface area contributed by atoms with Crippen molar-refractivity contribution in [3.8, 4) is 0 Å². The van der Waals surface area contributed by atoms with Gasteiger partial charge in [0, 0.05) is 33.2 Å². The first kappa shape index (κ1) is 17.4. The molecule has 4 atom stereocenters. The van der Waals surface area contributed by atoms with Crippen molar-refractivity contribution in [2.75, 3.05) is 11.5 Å². The predicted octanol–water partition coefficient (Wildman–Crippen LogP) is 3.77. The quantitative estimate of drug-likeness (QED) is 0.499. The van der Waals surface area contributed by atoms with Gasteiger partial charge in [0.1, 0.15) is 6.10 Å². The maximum absolute atomic E-state index is 12.6. The number of benzene rings is 1. The number of anilines is 1. The summed E-state index contributed by atoms with van der Waals surface area (Å²) in [6, 6.07) is 7.71. The van der Waals surface area contributed by atoms with Crippen molar-refractivity contribution in [3.63, 3.8) is 0 Å². The van der Waals surface area contributed by atoms with Crippen molar-refractivity contribution in [1.29, 1.82) is 0 Å². The number of carbonyl (C=O) groups excluding carboxylic acids is 2. The van der Waals surface area contributed by atoms with E-state index in [-0.39, 0.29) is 35.1 Å². The van der Waals surface area contributed by atoms with Crippen LogP contribution in [0.1, 0.15) is 26.7 Å². The van der Waals surface area contributed by atoms with Gasteiger partial charge in [-0.1, -0.05) is 25.1 Å². The number of nitrogens with two attached hydrogens (primary N) is 1. The molecule has 0 bridgehead atoms. The third-order valence-corrected chi connectivity index (χ3v) is 7.27. The van der Waals surface area contributed by atoms with Gasteiger partial charge in [-0.05, 0) is 43.5 Å². The molecule has 4 rings (SSSR count). The van der Waals surface area contributed by atoms with Crippen LogP contribution < -0.4 is 5.73 Å². The number of nitrogen functional groups attached to an aromatic ring is 1. The van der Waals surface area contributed by atoms with Crippen LogP contribution in [0.2, 0.25) is 0 Å². The van der Waals surface area contributed by atoms with Crippen LogP contribution in [0.3, 0.4) is 0 Å². The lowest BCUT2D eigenvalue weighted by Gasteiger charge is -2.43. The van der Waals surface area contributed by atoms with Gasteiger partial charge in [0.2, 0.25) is 0 Å². The molecule has 1 aromatic carbocycles. The highest BCUT2D eigenvalue weighted by atomic mass is 32.2. The minimum absolute atomic E-state index is 0.0315. The van der Waals surface area contributed by atoms with Gasteiger partial charge in [-0.2, -0.15) is 0 Å². The van der Waals surface area contributed by atoms with Crippen LogP contribution in [0.4, 0.5) is 5.69 Å². The third kappa shape index (κ3) is 2.69. The van der Waals surface area contributed by atoms with Crippen LogP contribution in [0, 0.1) is 17.3 Å². The summed E-state index contributed by atoms with van der Waals surface area (Å²) in [7, 11) is 0. The zero-order valence-corrected chi connectivity index (χ0v) is 15.8. The first-order valence-electron chi connectivity index (χ1n) is 9.03. The number of rotatable bonds is 3. The second-order valence-corrected chi connectivity index (χ2v) is 8.73. The Hall–Kier alpha value is -2.01. The molecule has 2 fully saturated rings. The molecular formula is C21H23NO3S. The lowest BCUT2D eigenvalue weighted by molar-refractivity contribution is -0.143. The average molecular weight is 369 g/mol. The first-order chi connectivity index (χ1) is 12.4. The highest BCUT2D eigenvalue weighted by Crippen LogP contribution is 2.53. The average Bonchev–Trinajstić information content (AvgIpc) is 2.93. The Balaban J connectivity index is 1.58. The van der Waals surface area contributed by atoms with Crippen LogP contribution in [-0.2, 0) is 14.3 Å². The minimum atomic E-state index is -0.270. The number of allylic oxidation sites excluding steroid dienone is 3. The second-order valence-electron chi connectivity index (χ2n) is 7.67. The second kappa shape index (κ2) is 6.31. The summed E-state index contributed by atoms with van der Waals surface area (Å²) in [6.07, 6.45) is 5.26. The fourth-order valence-corrected chi connectivity index (χ4v) is 5.70. The zero-order chi connectivity index (χ0) is 18.5. The molecule has 0 spiro atoms. The number of hydrogen-bond donors (Lipinski definition) is 1. The number of thioether (sulfide) groups is 1. The van der Waals surface area contributed by atoms with Crippen LogP contribution >= 0.6 is 11.8 Å².